The third-order valence-electron chi connectivity index (χ3n) is 9.17. The summed E-state index contributed by atoms with van der Waals surface area (Å²) < 4.78 is 8.89. The molecule has 9 rings (SSSR count). The lowest BCUT2D eigenvalue weighted by Gasteiger charge is -2.24. The van der Waals surface area contributed by atoms with Crippen molar-refractivity contribution in [3.63, 3.8) is 0 Å². The van der Waals surface area contributed by atoms with E-state index in [1.54, 1.807) is 0 Å². The van der Waals surface area contributed by atoms with Gasteiger partial charge < -0.3 is 8.98 Å². The highest BCUT2D eigenvalue weighted by Crippen LogP contribution is 2.54. The number of furan rings is 1. The molecule has 0 amide bonds. The fraction of sp³-hybridized carbons (Fsp3) is 0.0769. The van der Waals surface area contributed by atoms with Crippen LogP contribution in [-0.4, -0.2) is 4.57 Å². The summed E-state index contributed by atoms with van der Waals surface area (Å²) in [6.45, 7) is 4.77. The van der Waals surface area contributed by atoms with E-state index in [2.05, 4.69) is 140 Å². The number of hydrogen-bond acceptors (Lipinski definition) is 1. The predicted molar refractivity (Wildman–Crippen MR) is 171 cm³/mol. The van der Waals surface area contributed by atoms with E-state index in [0.29, 0.717) is 0 Å². The van der Waals surface area contributed by atoms with Gasteiger partial charge in [0, 0.05) is 38.2 Å². The quantitative estimate of drug-likeness (QED) is 0.219. The van der Waals surface area contributed by atoms with Crippen molar-refractivity contribution in [2.24, 2.45) is 0 Å². The summed E-state index contributed by atoms with van der Waals surface area (Å²) in [5.74, 6) is 0. The van der Waals surface area contributed by atoms with Crippen LogP contribution in [0.15, 0.2) is 132 Å². The van der Waals surface area contributed by atoms with Crippen LogP contribution in [0.4, 0.5) is 0 Å². The molecule has 0 unspecified atom stereocenters. The minimum Gasteiger partial charge on any atom is -0.455 e. The van der Waals surface area contributed by atoms with Crippen molar-refractivity contribution >= 4 is 43.7 Å². The van der Waals surface area contributed by atoms with Gasteiger partial charge in [-0.25, -0.2) is 0 Å². The van der Waals surface area contributed by atoms with Crippen molar-refractivity contribution in [3.8, 4) is 27.9 Å². The number of para-hydroxylation sites is 4. The maximum atomic E-state index is 6.42. The molecule has 41 heavy (non-hydrogen) atoms. The second-order valence-electron chi connectivity index (χ2n) is 11.7. The average Bonchev–Trinajstić information content (AvgIpc) is 3.63. The Morgan fingerprint density at radius 1 is 0.561 bits per heavy atom. The molecule has 2 heterocycles. The first-order chi connectivity index (χ1) is 20.1. The van der Waals surface area contributed by atoms with E-state index in [1.165, 1.54) is 55.3 Å². The molecule has 0 saturated carbocycles. The molecule has 0 saturated heterocycles. The highest BCUT2D eigenvalue weighted by molar-refractivity contribution is 6.13. The lowest BCUT2D eigenvalue weighted by atomic mass is 9.80. The summed E-state index contributed by atoms with van der Waals surface area (Å²) in [5, 5.41) is 4.92. The maximum absolute atomic E-state index is 6.42. The first kappa shape index (κ1) is 22.7. The van der Waals surface area contributed by atoms with Gasteiger partial charge in [0.2, 0.25) is 0 Å². The number of fused-ring (bicyclic) bond motifs is 10. The summed E-state index contributed by atoms with van der Waals surface area (Å²) in [4.78, 5) is 0. The van der Waals surface area contributed by atoms with Gasteiger partial charge in [-0.3, -0.25) is 0 Å². The van der Waals surface area contributed by atoms with E-state index < -0.39 is 0 Å². The Hall–Kier alpha value is -5.08. The third kappa shape index (κ3) is 2.97. The number of rotatable bonds is 2. The molecule has 0 fully saturated rings. The van der Waals surface area contributed by atoms with Gasteiger partial charge in [0.15, 0.2) is 0 Å². The van der Waals surface area contributed by atoms with Gasteiger partial charge in [-0.1, -0.05) is 111 Å². The molecule has 0 spiro atoms. The molecule has 0 bridgehead atoms. The molecular weight excluding hydrogens is 498 g/mol. The topological polar surface area (TPSA) is 18.1 Å². The highest BCUT2D eigenvalue weighted by Gasteiger charge is 2.39. The Morgan fingerprint density at radius 3 is 2.17 bits per heavy atom. The first-order valence-corrected chi connectivity index (χ1v) is 14.3. The Kier molecular flexibility index (Phi) is 4.42. The summed E-state index contributed by atoms with van der Waals surface area (Å²) in [6.07, 6.45) is 0. The molecule has 6 aromatic carbocycles. The van der Waals surface area contributed by atoms with Gasteiger partial charge >= 0.3 is 0 Å². The Balaban J connectivity index is 1.31. The van der Waals surface area contributed by atoms with Crippen molar-refractivity contribution in [1.82, 2.24) is 4.57 Å². The fourth-order valence-corrected chi connectivity index (χ4v) is 7.33. The van der Waals surface area contributed by atoms with Crippen LogP contribution >= 0.6 is 0 Å². The summed E-state index contributed by atoms with van der Waals surface area (Å²) in [6, 6.07) is 46.0. The zero-order valence-electron chi connectivity index (χ0n) is 23.0. The van der Waals surface area contributed by atoms with E-state index in [1.807, 2.05) is 6.07 Å². The van der Waals surface area contributed by atoms with Crippen LogP contribution in [0.2, 0.25) is 0 Å². The van der Waals surface area contributed by atoms with E-state index in [4.69, 9.17) is 4.42 Å². The van der Waals surface area contributed by atoms with Crippen molar-refractivity contribution in [3.05, 3.63) is 139 Å². The van der Waals surface area contributed by atoms with Crippen LogP contribution in [-0.2, 0) is 5.41 Å². The molecule has 1 aliphatic carbocycles. The molecule has 194 valence electrons. The fourth-order valence-electron chi connectivity index (χ4n) is 7.33. The molecule has 0 aliphatic heterocycles. The van der Waals surface area contributed by atoms with Gasteiger partial charge in [0.25, 0.3) is 0 Å². The molecule has 0 N–H and O–H groups in total. The standard InChI is InChI=1S/C39H27NO/c1-39(2)33-23-24(26-15-10-16-32-29-14-7-9-18-35(29)41-38(26)32)19-20-27(33)30-21-22-31-28-13-6-8-17-34(28)40(37(31)36(30)39)25-11-4-3-5-12-25/h3-23H,1-2H3. The van der Waals surface area contributed by atoms with Crippen molar-refractivity contribution in [2.75, 3.05) is 0 Å². The number of hydrogen-bond donors (Lipinski definition) is 0. The normalized spacial score (nSPS) is 13.8. The number of aromatic nitrogens is 1. The highest BCUT2D eigenvalue weighted by atomic mass is 16.3. The van der Waals surface area contributed by atoms with Crippen LogP contribution in [0.25, 0.3) is 71.7 Å². The lowest BCUT2D eigenvalue weighted by Crippen LogP contribution is -2.16. The minimum atomic E-state index is -0.192. The molecule has 8 aromatic rings. The Morgan fingerprint density at radius 2 is 1.29 bits per heavy atom. The number of nitrogens with zero attached hydrogens (tertiary/aromatic N) is 1. The smallest absolute Gasteiger partial charge is 0.143 e. The van der Waals surface area contributed by atoms with Crippen LogP contribution in [0.5, 0.6) is 0 Å². The minimum absolute atomic E-state index is 0.192. The summed E-state index contributed by atoms with van der Waals surface area (Å²) in [5.41, 5.74) is 13.1. The van der Waals surface area contributed by atoms with Gasteiger partial charge in [0.05, 0.1) is 11.0 Å². The summed E-state index contributed by atoms with van der Waals surface area (Å²) >= 11 is 0. The van der Waals surface area contributed by atoms with Gasteiger partial charge in [-0.15, -0.1) is 0 Å². The zero-order valence-corrected chi connectivity index (χ0v) is 23.0. The van der Waals surface area contributed by atoms with Gasteiger partial charge in [0.1, 0.15) is 11.2 Å². The van der Waals surface area contributed by atoms with Crippen LogP contribution in [0.3, 0.4) is 0 Å². The average molecular weight is 526 g/mol. The summed E-state index contributed by atoms with van der Waals surface area (Å²) in [7, 11) is 0. The second kappa shape index (κ2) is 7.99. The molecule has 1 aliphatic rings. The van der Waals surface area contributed by atoms with Gasteiger partial charge in [-0.05, 0) is 58.1 Å². The van der Waals surface area contributed by atoms with Crippen LogP contribution in [0.1, 0.15) is 25.0 Å². The molecule has 2 heteroatoms. The molecule has 0 atom stereocenters. The third-order valence-corrected chi connectivity index (χ3v) is 9.17. The molecule has 2 aromatic heterocycles. The van der Waals surface area contributed by atoms with E-state index in [9.17, 15) is 0 Å². The van der Waals surface area contributed by atoms with E-state index in [-0.39, 0.29) is 5.41 Å². The largest absolute Gasteiger partial charge is 0.455 e. The van der Waals surface area contributed by atoms with Crippen molar-refractivity contribution < 1.29 is 4.42 Å². The van der Waals surface area contributed by atoms with Crippen molar-refractivity contribution in [1.29, 1.82) is 0 Å². The van der Waals surface area contributed by atoms with Gasteiger partial charge in [-0.2, -0.15) is 0 Å². The molecule has 0 radical (unpaired) electrons. The first-order valence-electron chi connectivity index (χ1n) is 14.3. The molecular formula is C39H27NO. The van der Waals surface area contributed by atoms with Crippen molar-refractivity contribution in [2.45, 2.75) is 19.3 Å². The zero-order chi connectivity index (χ0) is 27.3. The van der Waals surface area contributed by atoms with E-state index >= 15 is 0 Å². The second-order valence-corrected chi connectivity index (χ2v) is 11.7. The molecule has 2 nitrogen and oxygen atoms in total. The number of benzene rings is 6. The maximum Gasteiger partial charge on any atom is 0.143 e. The predicted octanol–water partition coefficient (Wildman–Crippen LogP) is 10.7. The Bertz CT molecular complexity index is 2330. The van der Waals surface area contributed by atoms with Crippen LogP contribution < -0.4 is 0 Å². The SMILES string of the molecule is CC1(C)c2cc(-c3cccc4c3oc3ccccc34)ccc2-c2ccc3c4ccccc4n(-c4ccccc4)c3c21. The van der Waals surface area contributed by atoms with Crippen LogP contribution in [0, 0.1) is 0 Å². The lowest BCUT2D eigenvalue weighted by molar-refractivity contribution is 0.663. The monoisotopic (exact) mass is 525 g/mol. The Labute approximate surface area is 238 Å². The van der Waals surface area contributed by atoms with E-state index in [0.717, 1.165) is 27.5 Å².